The molecule has 0 heterocycles. The summed E-state index contributed by atoms with van der Waals surface area (Å²) in [6.45, 7) is 3.71. The number of nitrogens with zero attached hydrogens (tertiary/aromatic N) is 1. The highest BCUT2D eigenvalue weighted by atomic mass is 16.7. The lowest BCUT2D eigenvalue weighted by Crippen LogP contribution is -2.35. The van der Waals surface area contributed by atoms with Crippen molar-refractivity contribution in [2.24, 2.45) is 0 Å². The van der Waals surface area contributed by atoms with Gasteiger partial charge in [0.15, 0.2) is 0 Å². The molecule has 0 saturated heterocycles. The number of hydrogen-bond donors (Lipinski definition) is 2. The van der Waals surface area contributed by atoms with Crippen molar-refractivity contribution in [1.29, 1.82) is 0 Å². The Labute approximate surface area is 112 Å². The topological polar surface area (TPSA) is 70.7 Å². The Balaban J connectivity index is 2.90. The largest absolute Gasteiger partial charge is 0.336 e. The van der Waals surface area contributed by atoms with Crippen molar-refractivity contribution in [3.05, 3.63) is 29.8 Å². The molecular formula is C13H19N3O3. The lowest BCUT2D eigenvalue weighted by molar-refractivity contribution is -0.0756. The molecule has 0 aliphatic rings. The van der Waals surface area contributed by atoms with Crippen molar-refractivity contribution in [2.45, 2.75) is 19.9 Å². The van der Waals surface area contributed by atoms with Crippen LogP contribution >= 0.6 is 0 Å². The number of hydroxylamine groups is 2. The Morgan fingerprint density at radius 2 is 1.89 bits per heavy atom. The third-order valence-electron chi connectivity index (χ3n) is 2.39. The Morgan fingerprint density at radius 1 is 1.26 bits per heavy atom. The predicted molar refractivity (Wildman–Crippen MR) is 72.8 cm³/mol. The van der Waals surface area contributed by atoms with E-state index in [0.717, 1.165) is 5.06 Å². The number of hydrogen-bond acceptors (Lipinski definition) is 3. The van der Waals surface area contributed by atoms with E-state index in [1.165, 1.54) is 14.2 Å². The predicted octanol–water partition coefficient (Wildman–Crippen LogP) is 1.85. The zero-order valence-electron chi connectivity index (χ0n) is 11.6. The van der Waals surface area contributed by atoms with E-state index in [9.17, 15) is 9.59 Å². The average Bonchev–Trinajstić information content (AvgIpc) is 2.36. The minimum Gasteiger partial charge on any atom is -0.336 e. The van der Waals surface area contributed by atoms with Gasteiger partial charge in [-0.15, -0.1) is 0 Å². The van der Waals surface area contributed by atoms with Crippen molar-refractivity contribution in [2.75, 3.05) is 19.5 Å². The van der Waals surface area contributed by atoms with Crippen LogP contribution in [0.4, 0.5) is 10.5 Å². The van der Waals surface area contributed by atoms with Gasteiger partial charge in [0.25, 0.3) is 5.91 Å². The fourth-order valence-corrected chi connectivity index (χ4v) is 1.45. The van der Waals surface area contributed by atoms with Crippen LogP contribution in [0.1, 0.15) is 24.2 Å². The fraction of sp³-hybridized carbons (Fsp3) is 0.385. The van der Waals surface area contributed by atoms with Crippen LogP contribution in [0.25, 0.3) is 0 Å². The molecule has 19 heavy (non-hydrogen) atoms. The van der Waals surface area contributed by atoms with Crippen LogP contribution in [0.15, 0.2) is 24.3 Å². The first-order chi connectivity index (χ1) is 8.95. The third kappa shape index (κ3) is 4.26. The maximum absolute atomic E-state index is 12.0. The monoisotopic (exact) mass is 265 g/mol. The van der Waals surface area contributed by atoms with Crippen molar-refractivity contribution < 1.29 is 14.4 Å². The lowest BCUT2D eigenvalue weighted by Gasteiger charge is -2.17. The van der Waals surface area contributed by atoms with Crippen LogP contribution < -0.4 is 10.6 Å². The Morgan fingerprint density at radius 3 is 2.47 bits per heavy atom. The van der Waals surface area contributed by atoms with Gasteiger partial charge in [-0.2, -0.15) is 0 Å². The first kappa shape index (κ1) is 15.0. The summed E-state index contributed by atoms with van der Waals surface area (Å²) < 4.78 is 0. The van der Waals surface area contributed by atoms with Gasteiger partial charge in [0.05, 0.1) is 18.4 Å². The molecule has 0 aromatic heterocycles. The van der Waals surface area contributed by atoms with E-state index in [1.807, 2.05) is 13.8 Å². The highest BCUT2D eigenvalue weighted by Gasteiger charge is 2.16. The lowest BCUT2D eigenvalue weighted by atomic mass is 10.1. The van der Waals surface area contributed by atoms with Crippen molar-refractivity contribution in [1.82, 2.24) is 10.4 Å². The molecule has 1 aromatic carbocycles. The molecule has 1 rings (SSSR count). The normalized spacial score (nSPS) is 10.2. The molecule has 0 aliphatic carbocycles. The van der Waals surface area contributed by atoms with E-state index < -0.39 is 0 Å². The smallest absolute Gasteiger partial charge is 0.319 e. The molecule has 0 atom stereocenters. The Hall–Kier alpha value is -2.08. The van der Waals surface area contributed by atoms with Crippen molar-refractivity contribution in [3.63, 3.8) is 0 Å². The maximum atomic E-state index is 12.0. The zero-order valence-corrected chi connectivity index (χ0v) is 11.6. The molecule has 0 radical (unpaired) electrons. The standard InChI is InChI=1S/C13H19N3O3/c1-9(2)14-13(18)15-11-8-6-5-7-10(11)12(17)16(3)19-4/h5-9H,1-4H3,(H2,14,15,18). The van der Waals surface area contributed by atoms with E-state index in [-0.39, 0.29) is 18.0 Å². The zero-order chi connectivity index (χ0) is 14.4. The molecule has 0 bridgehead atoms. The molecule has 1 aromatic rings. The number of urea groups is 1. The maximum Gasteiger partial charge on any atom is 0.319 e. The number of carbonyl (C=O) groups excluding carboxylic acids is 2. The Kier molecular flexibility index (Phi) is 5.32. The van der Waals surface area contributed by atoms with Gasteiger partial charge in [-0.05, 0) is 26.0 Å². The number of carbonyl (C=O) groups is 2. The van der Waals surface area contributed by atoms with Crippen molar-refractivity contribution in [3.8, 4) is 0 Å². The number of rotatable bonds is 4. The molecule has 0 fully saturated rings. The molecule has 3 amide bonds. The van der Waals surface area contributed by atoms with Gasteiger partial charge in [-0.25, -0.2) is 9.86 Å². The van der Waals surface area contributed by atoms with Crippen LogP contribution in [0, 0.1) is 0 Å². The highest BCUT2D eigenvalue weighted by Crippen LogP contribution is 2.16. The summed E-state index contributed by atoms with van der Waals surface area (Å²) in [4.78, 5) is 28.5. The summed E-state index contributed by atoms with van der Waals surface area (Å²) in [5.41, 5.74) is 0.806. The van der Waals surface area contributed by atoms with E-state index in [2.05, 4.69) is 10.6 Å². The molecule has 2 N–H and O–H groups in total. The van der Waals surface area contributed by atoms with Gasteiger partial charge in [0.2, 0.25) is 0 Å². The summed E-state index contributed by atoms with van der Waals surface area (Å²) in [7, 11) is 2.91. The number of amides is 3. The van der Waals surface area contributed by atoms with Gasteiger partial charge in [-0.1, -0.05) is 12.1 Å². The molecule has 6 heteroatoms. The van der Waals surface area contributed by atoms with Crippen LogP contribution in [-0.4, -0.2) is 37.2 Å². The molecule has 6 nitrogen and oxygen atoms in total. The van der Waals surface area contributed by atoms with Gasteiger partial charge in [0.1, 0.15) is 0 Å². The van der Waals surface area contributed by atoms with Crippen LogP contribution in [0.3, 0.4) is 0 Å². The van der Waals surface area contributed by atoms with Crippen LogP contribution in [0.5, 0.6) is 0 Å². The first-order valence-electron chi connectivity index (χ1n) is 5.94. The molecular weight excluding hydrogens is 246 g/mol. The van der Waals surface area contributed by atoms with Gasteiger partial charge in [0, 0.05) is 13.1 Å². The highest BCUT2D eigenvalue weighted by molar-refractivity contribution is 6.02. The van der Waals surface area contributed by atoms with Crippen molar-refractivity contribution >= 4 is 17.6 Å². The second kappa shape index (κ2) is 6.75. The third-order valence-corrected chi connectivity index (χ3v) is 2.39. The summed E-state index contributed by atoms with van der Waals surface area (Å²) in [5, 5.41) is 6.44. The Bertz CT molecular complexity index is 460. The average molecular weight is 265 g/mol. The quantitative estimate of drug-likeness (QED) is 0.816. The van der Waals surface area contributed by atoms with E-state index in [0.29, 0.717) is 11.3 Å². The van der Waals surface area contributed by atoms with E-state index >= 15 is 0 Å². The second-order valence-electron chi connectivity index (χ2n) is 4.28. The number of anilines is 1. The minimum atomic E-state index is -0.352. The molecule has 0 aliphatic heterocycles. The minimum absolute atomic E-state index is 0.0181. The molecule has 0 saturated carbocycles. The second-order valence-corrected chi connectivity index (χ2v) is 4.28. The van der Waals surface area contributed by atoms with E-state index in [1.54, 1.807) is 24.3 Å². The fourth-order valence-electron chi connectivity index (χ4n) is 1.45. The number of benzene rings is 1. The van der Waals surface area contributed by atoms with Gasteiger partial charge >= 0.3 is 6.03 Å². The van der Waals surface area contributed by atoms with E-state index in [4.69, 9.17) is 4.84 Å². The molecule has 0 unspecified atom stereocenters. The molecule has 104 valence electrons. The molecule has 0 spiro atoms. The number of para-hydroxylation sites is 1. The number of nitrogens with one attached hydrogen (secondary N) is 2. The van der Waals surface area contributed by atoms with Gasteiger partial charge < -0.3 is 10.6 Å². The summed E-state index contributed by atoms with van der Waals surface area (Å²) >= 11 is 0. The summed E-state index contributed by atoms with van der Waals surface area (Å²) in [5.74, 6) is -0.331. The summed E-state index contributed by atoms with van der Waals surface area (Å²) in [6, 6.07) is 6.43. The van der Waals surface area contributed by atoms with Crippen LogP contribution in [-0.2, 0) is 4.84 Å². The summed E-state index contributed by atoms with van der Waals surface area (Å²) in [6.07, 6.45) is 0. The van der Waals surface area contributed by atoms with Crippen LogP contribution in [0.2, 0.25) is 0 Å². The first-order valence-corrected chi connectivity index (χ1v) is 5.94. The van der Waals surface area contributed by atoms with Gasteiger partial charge in [-0.3, -0.25) is 9.63 Å². The SMILES string of the molecule is CON(C)C(=O)c1ccccc1NC(=O)NC(C)C.